The van der Waals surface area contributed by atoms with Gasteiger partial charge in [-0.05, 0) is 25.0 Å². The number of rotatable bonds is 3. The van der Waals surface area contributed by atoms with Gasteiger partial charge in [-0.25, -0.2) is 18.7 Å². The topological polar surface area (TPSA) is 92.7 Å². The average molecular weight is 357 g/mol. The van der Waals surface area contributed by atoms with Crippen molar-refractivity contribution in [3.63, 3.8) is 0 Å². The van der Waals surface area contributed by atoms with E-state index in [0.717, 1.165) is 12.6 Å². The smallest absolute Gasteiger partial charge is 0.343 e. The Bertz CT molecular complexity index is 1070. The van der Waals surface area contributed by atoms with Crippen molar-refractivity contribution in [1.82, 2.24) is 19.2 Å². The molecule has 1 saturated heterocycles. The average Bonchev–Trinajstić information content (AvgIpc) is 3.21. The zero-order valence-electron chi connectivity index (χ0n) is 14.0. The lowest BCUT2D eigenvalue weighted by atomic mass is 10.1. The van der Waals surface area contributed by atoms with Gasteiger partial charge in [0.2, 0.25) is 0 Å². The molecule has 0 aromatic carbocycles. The number of halogens is 1. The Kier molecular flexibility index (Phi) is 3.71. The standard InChI is InChI=1S/C17H16FN5O3/c1-21-9-10(18)8-11(16(21)24)12-4-2-6-22(12)15-13(17(25)26)14-19-5-3-7-23(14)20-15/h3,5,7-9,12H,2,4,6H2,1H3,(H,25,26). The Balaban J connectivity index is 1.88. The van der Waals surface area contributed by atoms with Gasteiger partial charge in [-0.3, -0.25) is 4.79 Å². The second-order valence-electron chi connectivity index (χ2n) is 6.27. The zero-order chi connectivity index (χ0) is 18.4. The summed E-state index contributed by atoms with van der Waals surface area (Å²) in [6, 6.07) is 2.44. The highest BCUT2D eigenvalue weighted by atomic mass is 19.1. The van der Waals surface area contributed by atoms with E-state index >= 15 is 0 Å². The summed E-state index contributed by atoms with van der Waals surface area (Å²) in [4.78, 5) is 30.2. The number of aromatic carboxylic acids is 1. The van der Waals surface area contributed by atoms with E-state index in [1.165, 1.54) is 28.4 Å². The molecule has 3 aromatic heterocycles. The monoisotopic (exact) mass is 357 g/mol. The molecule has 9 heteroatoms. The normalized spacial score (nSPS) is 17.2. The van der Waals surface area contributed by atoms with Gasteiger partial charge < -0.3 is 14.6 Å². The lowest BCUT2D eigenvalue weighted by molar-refractivity contribution is 0.0699. The van der Waals surface area contributed by atoms with Gasteiger partial charge in [0.05, 0.1) is 6.04 Å². The maximum Gasteiger partial charge on any atom is 0.343 e. The molecule has 0 bridgehead atoms. The van der Waals surface area contributed by atoms with Crippen molar-refractivity contribution in [2.45, 2.75) is 18.9 Å². The number of hydrogen-bond acceptors (Lipinski definition) is 5. The molecule has 3 aromatic rings. The lowest BCUT2D eigenvalue weighted by Crippen LogP contribution is -2.31. The Morgan fingerprint density at radius 3 is 3.00 bits per heavy atom. The van der Waals surface area contributed by atoms with Crippen molar-refractivity contribution in [2.75, 3.05) is 11.4 Å². The van der Waals surface area contributed by atoms with Gasteiger partial charge in [0, 0.05) is 37.7 Å². The van der Waals surface area contributed by atoms with E-state index in [0.29, 0.717) is 18.5 Å². The predicted octanol–water partition coefficient (Wildman–Crippen LogP) is 1.61. The van der Waals surface area contributed by atoms with Crippen molar-refractivity contribution in [2.24, 2.45) is 7.05 Å². The van der Waals surface area contributed by atoms with Crippen LogP contribution in [-0.2, 0) is 7.05 Å². The van der Waals surface area contributed by atoms with Gasteiger partial charge in [-0.1, -0.05) is 0 Å². The molecule has 1 atom stereocenters. The van der Waals surface area contributed by atoms with Crippen LogP contribution < -0.4 is 10.5 Å². The Labute approximate surface area is 147 Å². The highest BCUT2D eigenvalue weighted by Crippen LogP contribution is 2.36. The molecule has 1 fully saturated rings. The molecule has 4 rings (SSSR count). The third-order valence-corrected chi connectivity index (χ3v) is 4.65. The number of fused-ring (bicyclic) bond motifs is 1. The molecule has 1 aliphatic heterocycles. The minimum absolute atomic E-state index is 0.0225. The number of aromatic nitrogens is 4. The number of pyridine rings is 1. The zero-order valence-corrected chi connectivity index (χ0v) is 14.0. The summed E-state index contributed by atoms with van der Waals surface area (Å²) in [5.74, 6) is -1.42. The molecule has 0 spiro atoms. The fourth-order valence-corrected chi connectivity index (χ4v) is 3.54. The number of aryl methyl sites for hydroxylation is 1. The molecule has 1 unspecified atom stereocenters. The van der Waals surface area contributed by atoms with E-state index in [-0.39, 0.29) is 22.6 Å². The molecule has 8 nitrogen and oxygen atoms in total. The third kappa shape index (κ3) is 2.43. The first-order valence-corrected chi connectivity index (χ1v) is 8.16. The van der Waals surface area contributed by atoms with E-state index in [2.05, 4.69) is 10.1 Å². The molecule has 26 heavy (non-hydrogen) atoms. The summed E-state index contributed by atoms with van der Waals surface area (Å²) in [5.41, 5.74) is 0.201. The molecular weight excluding hydrogens is 341 g/mol. The fraction of sp³-hybridized carbons (Fsp3) is 0.294. The number of hydrogen-bond donors (Lipinski definition) is 1. The highest BCUT2D eigenvalue weighted by molar-refractivity contribution is 6.00. The summed E-state index contributed by atoms with van der Waals surface area (Å²) in [5, 5.41) is 14.0. The first-order chi connectivity index (χ1) is 12.5. The lowest BCUT2D eigenvalue weighted by Gasteiger charge is -2.25. The first kappa shape index (κ1) is 16.2. The fourth-order valence-electron chi connectivity index (χ4n) is 3.54. The van der Waals surface area contributed by atoms with Gasteiger partial charge in [-0.15, -0.1) is 5.10 Å². The first-order valence-electron chi connectivity index (χ1n) is 8.16. The third-order valence-electron chi connectivity index (χ3n) is 4.65. The number of carboxylic acids is 1. The molecule has 0 radical (unpaired) electrons. The van der Waals surface area contributed by atoms with Gasteiger partial charge >= 0.3 is 5.97 Å². The number of carboxylic acid groups (broad SMARTS) is 1. The van der Waals surface area contributed by atoms with E-state index in [9.17, 15) is 19.1 Å². The van der Waals surface area contributed by atoms with Crippen molar-refractivity contribution < 1.29 is 14.3 Å². The van der Waals surface area contributed by atoms with Crippen LogP contribution in [-0.4, -0.2) is 36.8 Å². The summed E-state index contributed by atoms with van der Waals surface area (Å²) < 4.78 is 16.5. The predicted molar refractivity (Wildman–Crippen MR) is 90.9 cm³/mol. The van der Waals surface area contributed by atoms with Crippen LogP contribution in [0.1, 0.15) is 34.8 Å². The molecule has 1 N–H and O–H groups in total. The van der Waals surface area contributed by atoms with Crippen molar-refractivity contribution in [3.05, 3.63) is 58.0 Å². The molecule has 1 aliphatic rings. The highest BCUT2D eigenvalue weighted by Gasteiger charge is 2.34. The SMILES string of the molecule is Cn1cc(F)cc(C2CCCN2c2nn3cccnc3c2C(=O)O)c1=O. The number of carbonyl (C=O) groups is 1. The van der Waals surface area contributed by atoms with Crippen molar-refractivity contribution >= 4 is 17.4 Å². The number of anilines is 1. The minimum Gasteiger partial charge on any atom is -0.477 e. The summed E-state index contributed by atoms with van der Waals surface area (Å²) >= 11 is 0. The number of nitrogens with zero attached hydrogens (tertiary/aromatic N) is 5. The van der Waals surface area contributed by atoms with Crippen LogP contribution in [0.4, 0.5) is 10.2 Å². The molecule has 0 amide bonds. The van der Waals surface area contributed by atoms with Gasteiger partial charge in [0.15, 0.2) is 11.5 Å². The quantitative estimate of drug-likeness (QED) is 0.765. The summed E-state index contributed by atoms with van der Waals surface area (Å²) in [6.45, 7) is 0.522. The molecule has 134 valence electrons. The van der Waals surface area contributed by atoms with Crippen molar-refractivity contribution in [3.8, 4) is 0 Å². The molecule has 0 saturated carbocycles. The van der Waals surface area contributed by atoms with Crippen LogP contribution >= 0.6 is 0 Å². The maximum absolute atomic E-state index is 13.9. The largest absolute Gasteiger partial charge is 0.477 e. The van der Waals surface area contributed by atoms with Crippen molar-refractivity contribution in [1.29, 1.82) is 0 Å². The Morgan fingerprint density at radius 2 is 2.23 bits per heavy atom. The van der Waals surface area contributed by atoms with Gasteiger partial charge in [0.25, 0.3) is 5.56 Å². The van der Waals surface area contributed by atoms with E-state index in [1.54, 1.807) is 17.2 Å². The van der Waals surface area contributed by atoms with Crippen LogP contribution in [0, 0.1) is 5.82 Å². The van der Waals surface area contributed by atoms with E-state index in [4.69, 9.17) is 0 Å². The van der Waals surface area contributed by atoms with Crippen LogP contribution in [0.3, 0.4) is 0 Å². The molecule has 4 heterocycles. The maximum atomic E-state index is 13.9. The molecule has 0 aliphatic carbocycles. The van der Waals surface area contributed by atoms with E-state index < -0.39 is 17.8 Å². The summed E-state index contributed by atoms with van der Waals surface area (Å²) in [6.07, 6.45) is 5.59. The minimum atomic E-state index is -1.15. The van der Waals surface area contributed by atoms with Crippen LogP contribution in [0.15, 0.2) is 35.5 Å². The Morgan fingerprint density at radius 1 is 1.42 bits per heavy atom. The van der Waals surface area contributed by atoms with Crippen LogP contribution in [0.25, 0.3) is 5.65 Å². The van der Waals surface area contributed by atoms with Gasteiger partial charge in [-0.2, -0.15) is 0 Å². The second-order valence-corrected chi connectivity index (χ2v) is 6.27. The molecular formula is C17H16FN5O3. The summed E-state index contributed by atoms with van der Waals surface area (Å²) in [7, 11) is 1.49. The van der Waals surface area contributed by atoms with Crippen LogP contribution in [0.5, 0.6) is 0 Å². The second kappa shape index (κ2) is 5.94. The van der Waals surface area contributed by atoms with E-state index in [1.807, 2.05) is 0 Å². The van der Waals surface area contributed by atoms with Crippen LogP contribution in [0.2, 0.25) is 0 Å². The Hall–Kier alpha value is -3.23. The van der Waals surface area contributed by atoms with Gasteiger partial charge in [0.1, 0.15) is 11.4 Å².